The summed E-state index contributed by atoms with van der Waals surface area (Å²) in [5, 5.41) is 66.1. The van der Waals surface area contributed by atoms with Gasteiger partial charge in [-0.05, 0) is 28.3 Å². The number of phenolic OH excluding ortho intramolecular Hbond substituents is 6. The maximum absolute atomic E-state index is 11.8. The van der Waals surface area contributed by atoms with Crippen molar-refractivity contribution in [1.82, 2.24) is 15.0 Å². The maximum atomic E-state index is 11.8. The van der Waals surface area contributed by atoms with Crippen molar-refractivity contribution in [1.29, 1.82) is 0 Å². The summed E-state index contributed by atoms with van der Waals surface area (Å²) in [6, 6.07) is 36.6. The molecule has 59 heavy (non-hydrogen) atoms. The molecule has 2 aliphatic heterocycles. The van der Waals surface area contributed by atoms with E-state index in [1.165, 1.54) is 6.07 Å². The molecule has 0 radical (unpaired) electrons. The molecule has 4 heterocycles. The monoisotopic (exact) mass is 783 g/mol. The first-order valence-electron chi connectivity index (χ1n) is 18.0. The van der Waals surface area contributed by atoms with Crippen molar-refractivity contribution in [3.63, 3.8) is 0 Å². The van der Waals surface area contributed by atoms with Gasteiger partial charge in [-0.25, -0.2) is 15.0 Å². The van der Waals surface area contributed by atoms with Crippen LogP contribution in [0.5, 0.6) is 34.5 Å². The smallest absolute Gasteiger partial charge is 0.236 e. The molecule has 0 bridgehead atoms. The topological polar surface area (TPSA) is 226 Å². The minimum absolute atomic E-state index is 0.00933. The Bertz CT molecular complexity index is 3330. The van der Waals surface area contributed by atoms with Crippen LogP contribution in [0, 0.1) is 0 Å². The molecule has 9 aromatic rings. The van der Waals surface area contributed by atoms with Crippen LogP contribution < -0.4 is 0 Å². The molecule has 286 valence electrons. The van der Waals surface area contributed by atoms with E-state index in [9.17, 15) is 30.6 Å². The van der Waals surface area contributed by atoms with Gasteiger partial charge in [0.2, 0.25) is 45.3 Å². The molecule has 14 heteroatoms. The highest BCUT2D eigenvalue weighted by Crippen LogP contribution is 2.57. The Morgan fingerprint density at radius 2 is 0.763 bits per heavy atom. The second-order valence-electron chi connectivity index (χ2n) is 13.8. The second-order valence-corrected chi connectivity index (χ2v) is 13.8. The third-order valence-electron chi connectivity index (χ3n) is 10.4. The third kappa shape index (κ3) is 4.96. The van der Waals surface area contributed by atoms with E-state index in [1.54, 1.807) is 0 Å². The van der Waals surface area contributed by atoms with E-state index < -0.39 is 45.7 Å². The molecule has 0 unspecified atom stereocenters. The molecule has 2 aliphatic rings. The maximum Gasteiger partial charge on any atom is 0.236 e. The molecular weight excluding hydrogens is 759 g/mol. The lowest BCUT2D eigenvalue weighted by Gasteiger charge is -2.14. The van der Waals surface area contributed by atoms with Crippen molar-refractivity contribution in [2.45, 2.75) is 0 Å². The molecule has 0 saturated carbocycles. The Kier molecular flexibility index (Phi) is 7.09. The van der Waals surface area contributed by atoms with Crippen LogP contribution in [0.25, 0.3) is 112 Å². The van der Waals surface area contributed by atoms with Crippen LogP contribution in [0.4, 0.5) is 0 Å². The van der Waals surface area contributed by atoms with Crippen LogP contribution >= 0.6 is 0 Å². The van der Waals surface area contributed by atoms with Gasteiger partial charge in [-0.1, -0.05) is 109 Å². The molecular formula is C45H25N3O11. The predicted octanol–water partition coefficient (Wildman–Crippen LogP) is 10.7. The molecule has 2 aromatic heterocycles. The fourth-order valence-electron chi connectivity index (χ4n) is 7.49. The van der Waals surface area contributed by atoms with Crippen LogP contribution in [-0.4, -0.2) is 45.6 Å². The molecule has 0 spiro atoms. The van der Waals surface area contributed by atoms with Crippen LogP contribution in [0.3, 0.4) is 0 Å². The molecule has 0 aliphatic carbocycles. The van der Waals surface area contributed by atoms with E-state index >= 15 is 0 Å². The fraction of sp³-hybridized carbons (Fsp3) is 0. The molecule has 14 nitrogen and oxygen atoms in total. The Morgan fingerprint density at radius 3 is 1.29 bits per heavy atom. The van der Waals surface area contributed by atoms with Gasteiger partial charge >= 0.3 is 0 Å². The van der Waals surface area contributed by atoms with E-state index in [4.69, 9.17) is 37.7 Å². The highest BCUT2D eigenvalue weighted by molar-refractivity contribution is 6.26. The number of nitrogens with zero attached hydrogens (tertiary/aromatic N) is 3. The number of aromatic nitrogens is 3. The van der Waals surface area contributed by atoms with E-state index in [0.29, 0.717) is 11.1 Å². The van der Waals surface area contributed by atoms with Crippen LogP contribution in [0.2, 0.25) is 0 Å². The average molecular weight is 784 g/mol. The van der Waals surface area contributed by atoms with Gasteiger partial charge in [-0.2, -0.15) is 0 Å². The van der Waals surface area contributed by atoms with E-state index in [-0.39, 0.29) is 67.3 Å². The zero-order valence-electron chi connectivity index (χ0n) is 30.0. The lowest BCUT2D eigenvalue weighted by atomic mass is 9.97. The van der Waals surface area contributed by atoms with Crippen LogP contribution in [-0.2, 0) is 0 Å². The van der Waals surface area contributed by atoms with Gasteiger partial charge in [0.15, 0.2) is 34.6 Å². The second kappa shape index (κ2) is 12.4. The Hall–Kier alpha value is -8.65. The first kappa shape index (κ1) is 33.7. The fourth-order valence-corrected chi connectivity index (χ4v) is 7.49. The Labute approximate surface area is 329 Å². The first-order valence-corrected chi connectivity index (χ1v) is 18.0. The van der Waals surface area contributed by atoms with Gasteiger partial charge in [-0.3, -0.25) is 18.3 Å². The van der Waals surface area contributed by atoms with Crippen molar-refractivity contribution >= 4 is 44.3 Å². The Balaban J connectivity index is 1.11. The summed E-state index contributed by atoms with van der Waals surface area (Å²) in [4.78, 5) is 14.4. The van der Waals surface area contributed by atoms with Crippen molar-refractivity contribution < 1.29 is 53.4 Å². The summed E-state index contributed by atoms with van der Waals surface area (Å²) in [7, 11) is 0. The van der Waals surface area contributed by atoms with Gasteiger partial charge in [0.05, 0.1) is 27.5 Å². The van der Waals surface area contributed by atoms with E-state index in [0.717, 1.165) is 22.3 Å². The molecule has 11 rings (SSSR count). The normalized spacial score (nSPS) is 11.8. The number of phenols is 6. The highest BCUT2D eigenvalue weighted by atomic mass is 17.0. The zero-order chi connectivity index (χ0) is 40.1. The van der Waals surface area contributed by atoms with E-state index in [2.05, 4.69) is 0 Å². The number of benzene rings is 7. The summed E-state index contributed by atoms with van der Waals surface area (Å²) in [5.74, 6) is -4.10. The SMILES string of the molecule is Oc1c(O)c2ooc3c(O)c4oc5cc(-c6nc(-c7ccc(-c8ccccc8)cc7)nc(-c7ccc(-c8ccccc8)cc7)n6)c(O)c(O)c5c4c4ooc(c1O)c2-c34. The van der Waals surface area contributed by atoms with E-state index in [1.807, 2.05) is 109 Å². The lowest BCUT2D eigenvalue weighted by Crippen LogP contribution is -2.00. The number of aromatic hydroxyl groups is 6. The van der Waals surface area contributed by atoms with Gasteiger partial charge in [0.1, 0.15) is 5.58 Å². The predicted molar refractivity (Wildman–Crippen MR) is 214 cm³/mol. The summed E-state index contributed by atoms with van der Waals surface area (Å²) in [5.41, 5.74) is 3.37. The van der Waals surface area contributed by atoms with Gasteiger partial charge in [-0.15, -0.1) is 0 Å². The minimum atomic E-state index is -0.968. The molecule has 7 aromatic carbocycles. The van der Waals surface area contributed by atoms with Gasteiger partial charge in [0, 0.05) is 11.1 Å². The zero-order valence-corrected chi connectivity index (χ0v) is 30.0. The third-order valence-corrected chi connectivity index (χ3v) is 10.4. The molecule has 0 atom stereocenters. The van der Waals surface area contributed by atoms with Crippen LogP contribution in [0.15, 0.2) is 138 Å². The average Bonchev–Trinajstić information content (AvgIpc) is 3.69. The largest absolute Gasteiger partial charge is 0.504 e. The van der Waals surface area contributed by atoms with Gasteiger partial charge < -0.3 is 35.1 Å². The number of rotatable bonds is 5. The van der Waals surface area contributed by atoms with Crippen molar-refractivity contribution in [2.75, 3.05) is 0 Å². The molecule has 0 fully saturated rings. The van der Waals surface area contributed by atoms with Gasteiger partial charge in [0.25, 0.3) is 0 Å². The lowest BCUT2D eigenvalue weighted by molar-refractivity contribution is 0.0735. The molecule has 6 N–H and O–H groups in total. The summed E-state index contributed by atoms with van der Waals surface area (Å²) in [6.07, 6.45) is 0. The molecule has 0 saturated heterocycles. The number of hydrogen-bond acceptors (Lipinski definition) is 14. The van der Waals surface area contributed by atoms with Crippen molar-refractivity contribution in [3.05, 3.63) is 115 Å². The van der Waals surface area contributed by atoms with Crippen LogP contribution in [0.1, 0.15) is 0 Å². The number of fused-ring (bicyclic) bond motifs is 4. The summed E-state index contributed by atoms with van der Waals surface area (Å²) < 4.78 is 27.5. The Morgan fingerprint density at radius 1 is 0.339 bits per heavy atom. The minimum Gasteiger partial charge on any atom is -0.504 e. The molecule has 0 amide bonds. The van der Waals surface area contributed by atoms with Crippen molar-refractivity contribution in [3.8, 4) is 102 Å². The highest BCUT2D eigenvalue weighted by Gasteiger charge is 2.36. The summed E-state index contributed by atoms with van der Waals surface area (Å²) >= 11 is 0. The summed E-state index contributed by atoms with van der Waals surface area (Å²) in [6.45, 7) is 0. The number of furan rings is 1. The first-order chi connectivity index (χ1) is 28.7. The quantitative estimate of drug-likeness (QED) is 0.0542. The number of hydrogen-bond donors (Lipinski definition) is 6. The standard InChI is InChI=1S/C45H25N3O11/c49-32-26(19-27-28(33(32)50)29-38-30-31-40(57-56-38)35(52)34(51)36(53)41(31)58-59-42(30)37(54)39(29)55-27)45-47-43(24-15-11-22(12-16-24)20-7-3-1-4-8-20)46-44(48-45)25-17-13-23(14-18-25)21-9-5-2-6-10-21/h1-19,49-54H. The van der Waals surface area contributed by atoms with Crippen molar-refractivity contribution in [2.24, 2.45) is 0 Å².